The quantitative estimate of drug-likeness (QED) is 0.367. The van der Waals surface area contributed by atoms with Crippen LogP contribution in [0.4, 0.5) is 0 Å². The monoisotopic (exact) mass is 399 g/mol. The van der Waals surface area contributed by atoms with Gasteiger partial charge in [0.25, 0.3) is 0 Å². The molecule has 0 bridgehead atoms. The number of nitrogens with zero attached hydrogens (tertiary/aromatic N) is 1. The molecule has 0 saturated heterocycles. The summed E-state index contributed by atoms with van der Waals surface area (Å²) in [6.45, 7) is 4.59. The topological polar surface area (TPSA) is 22.1 Å². The van der Waals surface area contributed by atoms with Gasteiger partial charge < -0.3 is 4.74 Å². The van der Waals surface area contributed by atoms with Gasteiger partial charge in [0.15, 0.2) is 0 Å². The highest BCUT2D eigenvalue weighted by Gasteiger charge is 2.25. The van der Waals surface area contributed by atoms with Crippen LogP contribution < -0.4 is 4.74 Å². The molecular weight excluding hydrogens is 374 g/mol. The van der Waals surface area contributed by atoms with E-state index in [4.69, 9.17) is 9.72 Å². The number of fused-ring (bicyclic) bond motifs is 3. The Morgan fingerprint density at radius 1 is 1.00 bits per heavy atom. The van der Waals surface area contributed by atoms with Crippen molar-refractivity contribution in [3.05, 3.63) is 70.6 Å². The van der Waals surface area contributed by atoms with Gasteiger partial charge in [0.05, 0.1) is 12.8 Å². The van der Waals surface area contributed by atoms with Crippen molar-refractivity contribution in [3.8, 4) is 28.1 Å². The standard InChI is InChI=1S/C26H25NOS/c1-16-9-14-21-22(15-16)29-26-24(21)23(18-10-12-20(28-3)13-11-18)17(2)25(27-26)19-7-5-4-6-8-19/h4-8,10-13,16H,9,14-15H2,1-3H3. The Labute approximate surface area is 176 Å². The highest BCUT2D eigenvalue weighted by Crippen LogP contribution is 2.45. The third-order valence-electron chi connectivity index (χ3n) is 6.11. The van der Waals surface area contributed by atoms with Crippen LogP contribution in [0, 0.1) is 12.8 Å². The van der Waals surface area contributed by atoms with E-state index < -0.39 is 0 Å². The van der Waals surface area contributed by atoms with E-state index in [9.17, 15) is 0 Å². The maximum absolute atomic E-state index is 5.39. The zero-order valence-corrected chi connectivity index (χ0v) is 18.0. The minimum absolute atomic E-state index is 0.759. The zero-order chi connectivity index (χ0) is 20.0. The number of rotatable bonds is 3. The van der Waals surface area contributed by atoms with Gasteiger partial charge in [-0.2, -0.15) is 0 Å². The second kappa shape index (κ2) is 7.31. The lowest BCUT2D eigenvalue weighted by molar-refractivity contribution is 0.415. The van der Waals surface area contributed by atoms with Gasteiger partial charge in [0, 0.05) is 15.8 Å². The molecule has 29 heavy (non-hydrogen) atoms. The van der Waals surface area contributed by atoms with Gasteiger partial charge in [0.2, 0.25) is 0 Å². The zero-order valence-electron chi connectivity index (χ0n) is 17.2. The van der Waals surface area contributed by atoms with E-state index in [1.165, 1.54) is 55.8 Å². The van der Waals surface area contributed by atoms with Crippen molar-refractivity contribution in [2.24, 2.45) is 5.92 Å². The summed E-state index contributed by atoms with van der Waals surface area (Å²) in [5, 5.41) is 1.37. The van der Waals surface area contributed by atoms with Crippen LogP contribution in [0.3, 0.4) is 0 Å². The molecule has 146 valence electrons. The van der Waals surface area contributed by atoms with Crippen molar-refractivity contribution in [1.29, 1.82) is 0 Å². The van der Waals surface area contributed by atoms with Crippen molar-refractivity contribution >= 4 is 21.6 Å². The maximum Gasteiger partial charge on any atom is 0.125 e. The molecule has 5 rings (SSSR count). The fourth-order valence-electron chi connectivity index (χ4n) is 4.56. The average Bonchev–Trinajstić information content (AvgIpc) is 3.11. The number of aryl methyl sites for hydroxylation is 1. The van der Waals surface area contributed by atoms with Crippen molar-refractivity contribution in [2.45, 2.75) is 33.1 Å². The number of thiophene rings is 1. The first-order valence-electron chi connectivity index (χ1n) is 10.3. The molecule has 0 saturated carbocycles. The van der Waals surface area contributed by atoms with Gasteiger partial charge in [-0.25, -0.2) is 4.98 Å². The fourth-order valence-corrected chi connectivity index (χ4v) is 5.95. The van der Waals surface area contributed by atoms with Crippen LogP contribution in [-0.2, 0) is 12.8 Å². The first kappa shape index (κ1) is 18.4. The molecule has 2 nitrogen and oxygen atoms in total. The number of benzene rings is 2. The van der Waals surface area contributed by atoms with Crippen LogP contribution in [0.15, 0.2) is 54.6 Å². The second-order valence-corrected chi connectivity index (χ2v) is 9.17. The molecule has 4 aromatic rings. The predicted octanol–water partition coefficient (Wildman–Crippen LogP) is 7.07. The number of pyridine rings is 1. The first-order valence-corrected chi connectivity index (χ1v) is 11.1. The minimum atomic E-state index is 0.759. The van der Waals surface area contributed by atoms with Crippen LogP contribution in [0.1, 0.15) is 29.3 Å². The van der Waals surface area contributed by atoms with Crippen LogP contribution in [0.2, 0.25) is 0 Å². The molecule has 1 unspecified atom stereocenters. The second-order valence-electron chi connectivity index (χ2n) is 8.09. The Hall–Kier alpha value is -2.65. The number of aromatic nitrogens is 1. The van der Waals surface area contributed by atoms with Gasteiger partial charge in [-0.05, 0) is 66.5 Å². The van der Waals surface area contributed by atoms with E-state index in [1.807, 2.05) is 11.3 Å². The van der Waals surface area contributed by atoms with Crippen LogP contribution >= 0.6 is 11.3 Å². The smallest absolute Gasteiger partial charge is 0.125 e. The molecule has 0 N–H and O–H groups in total. The Bertz CT molecular complexity index is 1180. The Balaban J connectivity index is 1.82. The van der Waals surface area contributed by atoms with Crippen molar-refractivity contribution in [3.63, 3.8) is 0 Å². The van der Waals surface area contributed by atoms with Gasteiger partial charge in [0.1, 0.15) is 10.6 Å². The van der Waals surface area contributed by atoms with Gasteiger partial charge >= 0.3 is 0 Å². The predicted molar refractivity (Wildman–Crippen MR) is 123 cm³/mol. The van der Waals surface area contributed by atoms with E-state index in [2.05, 4.69) is 68.4 Å². The molecule has 1 aliphatic rings. The van der Waals surface area contributed by atoms with Crippen molar-refractivity contribution < 1.29 is 4.74 Å². The van der Waals surface area contributed by atoms with Gasteiger partial charge in [-0.15, -0.1) is 11.3 Å². The summed E-state index contributed by atoms with van der Waals surface area (Å²) in [6.07, 6.45) is 3.60. The lowest BCUT2D eigenvalue weighted by Gasteiger charge is -2.19. The molecular formula is C26H25NOS. The first-order chi connectivity index (χ1) is 14.2. The molecule has 2 aromatic carbocycles. The molecule has 0 amide bonds. The highest BCUT2D eigenvalue weighted by atomic mass is 32.1. The third kappa shape index (κ3) is 3.14. The summed E-state index contributed by atoms with van der Waals surface area (Å²) < 4.78 is 5.39. The summed E-state index contributed by atoms with van der Waals surface area (Å²) >= 11 is 1.90. The molecule has 0 radical (unpaired) electrons. The third-order valence-corrected chi connectivity index (χ3v) is 7.26. The molecule has 3 heteroatoms. The number of methoxy groups -OCH3 is 1. The normalized spacial score (nSPS) is 16.0. The van der Waals surface area contributed by atoms with E-state index in [0.29, 0.717) is 0 Å². The Kier molecular flexibility index (Phi) is 4.63. The van der Waals surface area contributed by atoms with Crippen molar-refractivity contribution in [2.75, 3.05) is 7.11 Å². The lowest BCUT2D eigenvalue weighted by atomic mass is 9.86. The van der Waals surface area contributed by atoms with Crippen LogP contribution in [0.25, 0.3) is 32.6 Å². The molecule has 1 atom stereocenters. The maximum atomic E-state index is 5.39. The summed E-state index contributed by atoms with van der Waals surface area (Å²) in [5.41, 5.74) is 7.64. The molecule has 0 fully saturated rings. The summed E-state index contributed by atoms with van der Waals surface area (Å²) in [4.78, 5) is 7.90. The van der Waals surface area contributed by atoms with Crippen molar-refractivity contribution in [1.82, 2.24) is 4.98 Å². The Morgan fingerprint density at radius 2 is 1.76 bits per heavy atom. The van der Waals surface area contributed by atoms with Gasteiger partial charge in [-0.1, -0.05) is 49.4 Å². The minimum Gasteiger partial charge on any atom is -0.497 e. The fraction of sp³-hybridized carbons (Fsp3) is 0.269. The molecule has 2 heterocycles. The number of ether oxygens (including phenoxy) is 1. The Morgan fingerprint density at radius 3 is 2.48 bits per heavy atom. The summed E-state index contributed by atoms with van der Waals surface area (Å²) in [6, 6.07) is 19.1. The SMILES string of the molecule is COc1ccc(-c2c(C)c(-c3ccccc3)nc3sc4c(c23)CCC(C)C4)cc1. The molecule has 1 aliphatic carbocycles. The van der Waals surface area contributed by atoms with E-state index in [0.717, 1.165) is 23.8 Å². The lowest BCUT2D eigenvalue weighted by Crippen LogP contribution is -2.08. The number of hydrogen-bond acceptors (Lipinski definition) is 3. The average molecular weight is 400 g/mol. The molecule has 0 spiro atoms. The van der Waals surface area contributed by atoms with E-state index in [-0.39, 0.29) is 0 Å². The van der Waals surface area contributed by atoms with Crippen LogP contribution in [0.5, 0.6) is 5.75 Å². The highest BCUT2D eigenvalue weighted by molar-refractivity contribution is 7.19. The van der Waals surface area contributed by atoms with Crippen LogP contribution in [-0.4, -0.2) is 12.1 Å². The van der Waals surface area contributed by atoms with Gasteiger partial charge in [-0.3, -0.25) is 0 Å². The molecule has 2 aromatic heterocycles. The largest absolute Gasteiger partial charge is 0.497 e. The van der Waals surface area contributed by atoms with E-state index in [1.54, 1.807) is 7.11 Å². The molecule has 0 aliphatic heterocycles. The summed E-state index contributed by atoms with van der Waals surface area (Å²) in [5.74, 6) is 1.65. The number of hydrogen-bond donors (Lipinski definition) is 0. The summed E-state index contributed by atoms with van der Waals surface area (Å²) in [7, 11) is 1.72. The van der Waals surface area contributed by atoms with E-state index >= 15 is 0 Å².